The molecule has 0 aliphatic rings. The van der Waals surface area contributed by atoms with Gasteiger partial charge in [-0.15, -0.1) is 5.10 Å². The average molecular weight is 429 g/mol. The minimum Gasteiger partial charge on any atom is -0.408 e. The number of para-hydroxylation sites is 2. The summed E-state index contributed by atoms with van der Waals surface area (Å²) in [5.41, 5.74) is 2.92. The monoisotopic (exact) mass is 429 g/mol. The molecule has 0 aliphatic carbocycles. The molecule has 0 saturated carbocycles. The molecule has 3 aromatic heterocycles. The van der Waals surface area contributed by atoms with Crippen molar-refractivity contribution in [3.63, 3.8) is 0 Å². The molecule has 5 aromatic rings. The van der Waals surface area contributed by atoms with E-state index in [0.29, 0.717) is 22.4 Å². The molecule has 0 fully saturated rings. The summed E-state index contributed by atoms with van der Waals surface area (Å²) in [6.07, 6.45) is 1.78. The highest BCUT2D eigenvalue weighted by Crippen LogP contribution is 2.14. The second-order valence-corrected chi connectivity index (χ2v) is 7.35. The normalized spacial score (nSPS) is 11.2. The van der Waals surface area contributed by atoms with E-state index in [1.54, 1.807) is 54.7 Å². The number of nitrogens with zero attached hydrogens (tertiary/aromatic N) is 4. The lowest BCUT2D eigenvalue weighted by atomic mass is 10.2. The zero-order valence-electron chi connectivity index (χ0n) is 17.0. The molecule has 0 bridgehead atoms. The van der Waals surface area contributed by atoms with Gasteiger partial charge in [-0.25, -0.2) is 14.3 Å². The quantitative estimate of drug-likeness (QED) is 0.447. The molecule has 32 heavy (non-hydrogen) atoms. The number of anilines is 1. The number of carbonyl (C=O) groups excluding carboxylic acids is 1. The van der Waals surface area contributed by atoms with Crippen molar-refractivity contribution in [3.8, 4) is 0 Å². The molecule has 0 unspecified atom stereocenters. The molecular weight excluding hydrogens is 410 g/mol. The van der Waals surface area contributed by atoms with Gasteiger partial charge >= 0.3 is 11.4 Å². The maximum absolute atomic E-state index is 12.5. The van der Waals surface area contributed by atoms with Crippen LogP contribution < -0.4 is 16.8 Å². The molecule has 9 nitrogen and oxygen atoms in total. The standard InChI is InChI=1S/C23H19N5O4/c29-21(11-13-26-18-8-1-2-9-19(18)32-23(26)31)24-17-7-5-6-16(14-17)15-28-22(30)27-12-4-3-10-20(27)25-28/h1-10,12,14H,11,13,15H2,(H,24,29). The van der Waals surface area contributed by atoms with E-state index in [1.807, 2.05) is 18.2 Å². The smallest absolute Gasteiger partial charge is 0.408 e. The minimum atomic E-state index is -0.487. The number of rotatable bonds is 6. The Morgan fingerprint density at radius 2 is 1.84 bits per heavy atom. The Hall–Kier alpha value is -4.40. The van der Waals surface area contributed by atoms with Crippen LogP contribution in [0, 0.1) is 0 Å². The van der Waals surface area contributed by atoms with Crippen LogP contribution >= 0.6 is 0 Å². The van der Waals surface area contributed by atoms with Crippen LogP contribution in [0.5, 0.6) is 0 Å². The summed E-state index contributed by atoms with van der Waals surface area (Å²) in [6, 6.07) is 19.7. The molecule has 0 saturated heterocycles. The minimum absolute atomic E-state index is 0.111. The second-order valence-electron chi connectivity index (χ2n) is 7.35. The highest BCUT2D eigenvalue weighted by molar-refractivity contribution is 5.90. The Morgan fingerprint density at radius 3 is 2.72 bits per heavy atom. The molecule has 2 aromatic carbocycles. The van der Waals surface area contributed by atoms with Crippen molar-refractivity contribution >= 4 is 28.3 Å². The summed E-state index contributed by atoms with van der Waals surface area (Å²) >= 11 is 0. The number of hydrogen-bond donors (Lipinski definition) is 1. The molecule has 5 rings (SSSR count). The van der Waals surface area contributed by atoms with Gasteiger partial charge in [0.05, 0.1) is 12.1 Å². The highest BCUT2D eigenvalue weighted by atomic mass is 16.4. The summed E-state index contributed by atoms with van der Waals surface area (Å²) in [5.74, 6) is -0.719. The van der Waals surface area contributed by atoms with Crippen LogP contribution in [0.4, 0.5) is 5.69 Å². The predicted octanol–water partition coefficient (Wildman–Crippen LogP) is 2.48. The number of carbonyl (C=O) groups is 1. The zero-order chi connectivity index (χ0) is 22.1. The highest BCUT2D eigenvalue weighted by Gasteiger charge is 2.11. The maximum Gasteiger partial charge on any atom is 0.419 e. The number of aromatic nitrogens is 4. The SMILES string of the molecule is O=C(CCn1c(=O)oc2ccccc21)Nc1cccc(Cn2nc3ccccn3c2=O)c1. The molecule has 0 atom stereocenters. The van der Waals surface area contributed by atoms with Crippen molar-refractivity contribution in [3.05, 3.63) is 99.5 Å². The van der Waals surface area contributed by atoms with Gasteiger partial charge in [0, 0.05) is 24.8 Å². The summed E-state index contributed by atoms with van der Waals surface area (Å²) in [5, 5.41) is 7.17. The number of oxazole rings is 1. The number of amides is 1. The summed E-state index contributed by atoms with van der Waals surface area (Å²) in [6.45, 7) is 0.485. The molecule has 0 aliphatic heterocycles. The first-order valence-electron chi connectivity index (χ1n) is 10.1. The topological polar surface area (TPSA) is 104 Å². The van der Waals surface area contributed by atoms with Gasteiger partial charge in [-0.2, -0.15) is 0 Å². The van der Waals surface area contributed by atoms with Crippen LogP contribution in [0.2, 0.25) is 0 Å². The number of aryl methyl sites for hydroxylation is 1. The fourth-order valence-electron chi connectivity index (χ4n) is 3.65. The van der Waals surface area contributed by atoms with Gasteiger partial charge in [0.2, 0.25) is 5.91 Å². The van der Waals surface area contributed by atoms with Gasteiger partial charge in [-0.1, -0.05) is 30.3 Å². The number of pyridine rings is 1. The number of nitrogens with one attached hydrogen (secondary N) is 1. The van der Waals surface area contributed by atoms with E-state index in [0.717, 1.165) is 5.56 Å². The van der Waals surface area contributed by atoms with Crippen LogP contribution in [0.25, 0.3) is 16.7 Å². The first-order valence-corrected chi connectivity index (χ1v) is 10.1. The van der Waals surface area contributed by atoms with Crippen LogP contribution in [-0.2, 0) is 17.9 Å². The lowest BCUT2D eigenvalue weighted by Gasteiger charge is -2.08. The Bertz CT molecular complexity index is 1560. The molecule has 3 heterocycles. The predicted molar refractivity (Wildman–Crippen MR) is 119 cm³/mol. The van der Waals surface area contributed by atoms with Crippen molar-refractivity contribution in [1.82, 2.24) is 18.7 Å². The molecule has 160 valence electrons. The van der Waals surface area contributed by atoms with Gasteiger partial charge < -0.3 is 9.73 Å². The molecule has 0 radical (unpaired) electrons. The third-order valence-corrected chi connectivity index (χ3v) is 5.17. The van der Waals surface area contributed by atoms with Gasteiger partial charge in [0.15, 0.2) is 11.2 Å². The molecule has 0 spiro atoms. The van der Waals surface area contributed by atoms with Crippen LogP contribution in [0.1, 0.15) is 12.0 Å². The molecule has 1 N–H and O–H groups in total. The van der Waals surface area contributed by atoms with E-state index < -0.39 is 5.76 Å². The van der Waals surface area contributed by atoms with E-state index in [4.69, 9.17) is 4.42 Å². The number of hydrogen-bond acceptors (Lipinski definition) is 5. The van der Waals surface area contributed by atoms with Crippen LogP contribution in [-0.4, -0.2) is 24.7 Å². The van der Waals surface area contributed by atoms with Gasteiger partial charge in [-0.3, -0.25) is 13.8 Å². The summed E-state index contributed by atoms with van der Waals surface area (Å²) < 4.78 is 9.50. The maximum atomic E-state index is 12.5. The van der Waals surface area contributed by atoms with E-state index in [2.05, 4.69) is 10.4 Å². The van der Waals surface area contributed by atoms with Crippen molar-refractivity contribution in [2.45, 2.75) is 19.5 Å². The first kappa shape index (κ1) is 19.6. The number of benzene rings is 2. The number of fused-ring (bicyclic) bond motifs is 2. The molecular formula is C23H19N5O4. The third kappa shape index (κ3) is 3.71. The zero-order valence-corrected chi connectivity index (χ0v) is 17.0. The van der Waals surface area contributed by atoms with E-state index >= 15 is 0 Å². The van der Waals surface area contributed by atoms with Crippen molar-refractivity contribution in [1.29, 1.82) is 0 Å². The Kier molecular flexibility index (Phi) is 4.91. The Balaban J connectivity index is 1.27. The lowest BCUT2D eigenvalue weighted by Crippen LogP contribution is -2.22. The van der Waals surface area contributed by atoms with Gasteiger partial charge in [-0.05, 0) is 42.0 Å². The van der Waals surface area contributed by atoms with Crippen molar-refractivity contribution in [2.75, 3.05) is 5.32 Å². The van der Waals surface area contributed by atoms with E-state index in [1.165, 1.54) is 13.6 Å². The lowest BCUT2D eigenvalue weighted by molar-refractivity contribution is -0.116. The van der Waals surface area contributed by atoms with Crippen molar-refractivity contribution in [2.24, 2.45) is 0 Å². The van der Waals surface area contributed by atoms with E-state index in [9.17, 15) is 14.4 Å². The largest absolute Gasteiger partial charge is 0.419 e. The fourth-order valence-corrected chi connectivity index (χ4v) is 3.65. The molecule has 9 heteroatoms. The fraction of sp³-hybridized carbons (Fsp3) is 0.130. The molecule has 1 amide bonds. The van der Waals surface area contributed by atoms with Crippen LogP contribution in [0.3, 0.4) is 0 Å². The van der Waals surface area contributed by atoms with Crippen molar-refractivity contribution < 1.29 is 9.21 Å². The third-order valence-electron chi connectivity index (χ3n) is 5.17. The summed E-state index contributed by atoms with van der Waals surface area (Å²) in [7, 11) is 0. The summed E-state index contributed by atoms with van der Waals surface area (Å²) in [4.78, 5) is 37.0. The average Bonchev–Trinajstić information content (AvgIpc) is 3.28. The Labute approximate surface area is 181 Å². The Morgan fingerprint density at radius 1 is 1.00 bits per heavy atom. The van der Waals surface area contributed by atoms with Gasteiger partial charge in [0.1, 0.15) is 0 Å². The second kappa shape index (κ2) is 8.03. The first-order chi connectivity index (χ1) is 15.6. The van der Waals surface area contributed by atoms with E-state index in [-0.39, 0.29) is 31.1 Å². The van der Waals surface area contributed by atoms with Crippen LogP contribution in [0.15, 0.2) is 86.9 Å². The van der Waals surface area contributed by atoms with Gasteiger partial charge in [0.25, 0.3) is 0 Å².